The third kappa shape index (κ3) is 5.55. The lowest BCUT2D eigenvalue weighted by Crippen LogP contribution is -2.48. The molecule has 124 valence electrons. The summed E-state index contributed by atoms with van der Waals surface area (Å²) in [4.78, 5) is 0. The molecule has 4 N–H and O–H groups in total. The molecule has 6 heteroatoms. The Morgan fingerprint density at radius 1 is 1.23 bits per heavy atom. The molecule has 0 aliphatic carbocycles. The average molecular weight is 324 g/mol. The second-order valence-corrected chi connectivity index (χ2v) is 8.06. The molecule has 0 aromatic heterocycles. The lowest BCUT2D eigenvalue weighted by Gasteiger charge is -2.28. The summed E-state index contributed by atoms with van der Waals surface area (Å²) >= 11 is 0. The minimum atomic E-state index is -2.79. The topological polar surface area (TPSA) is 79.7 Å². The SMILES string of the molecule is C=CCc1ccccc1O[Si](CCC(N)CCN)(OC)OC. The van der Waals surface area contributed by atoms with Gasteiger partial charge in [-0.1, -0.05) is 24.3 Å². The fourth-order valence-electron chi connectivity index (χ4n) is 2.24. The van der Waals surface area contributed by atoms with Crippen molar-refractivity contribution >= 4 is 8.80 Å². The van der Waals surface area contributed by atoms with Crippen LogP contribution in [0.2, 0.25) is 6.04 Å². The van der Waals surface area contributed by atoms with Crippen LogP contribution < -0.4 is 15.9 Å². The molecule has 0 amide bonds. The van der Waals surface area contributed by atoms with E-state index in [9.17, 15) is 0 Å². The van der Waals surface area contributed by atoms with Crippen molar-refractivity contribution in [2.45, 2.75) is 31.3 Å². The van der Waals surface area contributed by atoms with Crippen molar-refractivity contribution in [1.29, 1.82) is 0 Å². The van der Waals surface area contributed by atoms with Crippen molar-refractivity contribution in [1.82, 2.24) is 0 Å². The summed E-state index contributed by atoms with van der Waals surface area (Å²) in [6, 6.07) is 8.55. The van der Waals surface area contributed by atoms with Crippen molar-refractivity contribution in [3.63, 3.8) is 0 Å². The van der Waals surface area contributed by atoms with Gasteiger partial charge in [-0.3, -0.25) is 0 Å². The molecule has 1 unspecified atom stereocenters. The highest BCUT2D eigenvalue weighted by atomic mass is 28.4. The molecule has 0 aliphatic rings. The largest absolute Gasteiger partial charge is 0.565 e. The van der Waals surface area contributed by atoms with Crippen molar-refractivity contribution in [2.75, 3.05) is 20.8 Å². The zero-order valence-corrected chi connectivity index (χ0v) is 14.6. The maximum absolute atomic E-state index is 6.17. The summed E-state index contributed by atoms with van der Waals surface area (Å²) in [6.45, 7) is 4.36. The summed E-state index contributed by atoms with van der Waals surface area (Å²) in [7, 11) is 0.459. The van der Waals surface area contributed by atoms with E-state index in [1.165, 1.54) is 0 Å². The molecule has 0 aliphatic heterocycles. The van der Waals surface area contributed by atoms with Crippen molar-refractivity contribution < 1.29 is 13.3 Å². The molecule has 0 fully saturated rings. The second kappa shape index (κ2) is 9.76. The van der Waals surface area contributed by atoms with Gasteiger partial charge in [-0.05, 0) is 37.4 Å². The van der Waals surface area contributed by atoms with Gasteiger partial charge in [-0.15, -0.1) is 6.58 Å². The van der Waals surface area contributed by atoms with E-state index < -0.39 is 8.80 Å². The number of para-hydroxylation sites is 1. The molecule has 0 saturated carbocycles. The first-order valence-electron chi connectivity index (χ1n) is 7.54. The summed E-state index contributed by atoms with van der Waals surface area (Å²) in [5.74, 6) is 0.783. The maximum Gasteiger partial charge on any atom is 0.565 e. The molecule has 0 saturated heterocycles. The molecule has 5 nitrogen and oxygen atoms in total. The summed E-state index contributed by atoms with van der Waals surface area (Å²) in [5.41, 5.74) is 12.6. The van der Waals surface area contributed by atoms with Gasteiger partial charge in [0.25, 0.3) is 0 Å². The number of rotatable bonds is 11. The van der Waals surface area contributed by atoms with E-state index in [-0.39, 0.29) is 6.04 Å². The molecular formula is C16H28N2O3Si. The summed E-state index contributed by atoms with van der Waals surface area (Å²) in [5, 5.41) is 0. The zero-order valence-electron chi connectivity index (χ0n) is 13.6. The van der Waals surface area contributed by atoms with Crippen LogP contribution in [0.15, 0.2) is 36.9 Å². The fraction of sp³-hybridized carbons (Fsp3) is 0.500. The Morgan fingerprint density at radius 3 is 2.50 bits per heavy atom. The second-order valence-electron chi connectivity index (χ2n) is 5.17. The lowest BCUT2D eigenvalue weighted by molar-refractivity contribution is 0.158. The molecule has 1 rings (SSSR count). The number of benzene rings is 1. The Hall–Kier alpha value is -1.18. The number of nitrogens with two attached hydrogens (primary N) is 2. The first-order chi connectivity index (χ1) is 10.6. The monoisotopic (exact) mass is 324 g/mol. The van der Waals surface area contributed by atoms with Crippen LogP contribution in [0.5, 0.6) is 5.75 Å². The third-order valence-electron chi connectivity index (χ3n) is 3.58. The van der Waals surface area contributed by atoms with Crippen molar-refractivity contribution in [3.8, 4) is 5.75 Å². The Bertz CT molecular complexity index is 453. The van der Waals surface area contributed by atoms with E-state index >= 15 is 0 Å². The summed E-state index contributed by atoms with van der Waals surface area (Å²) in [6.07, 6.45) is 4.13. The van der Waals surface area contributed by atoms with Crippen LogP contribution in [-0.4, -0.2) is 35.6 Å². The van der Waals surface area contributed by atoms with Crippen LogP contribution in [0.25, 0.3) is 0 Å². The highest BCUT2D eigenvalue weighted by molar-refractivity contribution is 6.61. The molecule has 0 spiro atoms. The van der Waals surface area contributed by atoms with Crippen LogP contribution >= 0.6 is 0 Å². The predicted molar refractivity (Wildman–Crippen MR) is 91.8 cm³/mol. The van der Waals surface area contributed by atoms with Crippen LogP contribution in [-0.2, 0) is 15.3 Å². The Kier molecular flexibility index (Phi) is 8.37. The molecule has 1 aromatic carbocycles. The van der Waals surface area contributed by atoms with E-state index in [0.717, 1.165) is 30.6 Å². The smallest absolute Gasteiger partial charge is 0.500 e. The molecule has 1 aromatic rings. The minimum Gasteiger partial charge on any atom is -0.500 e. The average Bonchev–Trinajstić information content (AvgIpc) is 2.54. The number of allylic oxidation sites excluding steroid dienone is 1. The molecule has 0 heterocycles. The minimum absolute atomic E-state index is 0.0363. The van der Waals surface area contributed by atoms with Gasteiger partial charge in [-0.25, -0.2) is 0 Å². The first-order valence-corrected chi connectivity index (χ1v) is 9.47. The van der Waals surface area contributed by atoms with E-state index in [4.69, 9.17) is 24.7 Å². The van der Waals surface area contributed by atoms with Gasteiger partial charge >= 0.3 is 8.80 Å². The van der Waals surface area contributed by atoms with Crippen LogP contribution in [0, 0.1) is 0 Å². The van der Waals surface area contributed by atoms with Gasteiger partial charge in [0.1, 0.15) is 5.75 Å². The first kappa shape index (κ1) is 18.9. The molecular weight excluding hydrogens is 296 g/mol. The molecule has 22 heavy (non-hydrogen) atoms. The van der Waals surface area contributed by atoms with Crippen molar-refractivity contribution in [2.24, 2.45) is 11.5 Å². The van der Waals surface area contributed by atoms with Crippen LogP contribution in [0.4, 0.5) is 0 Å². The van der Waals surface area contributed by atoms with Gasteiger partial charge in [0, 0.05) is 26.3 Å². The summed E-state index contributed by atoms with van der Waals surface area (Å²) < 4.78 is 17.4. The highest BCUT2D eigenvalue weighted by Gasteiger charge is 2.41. The standard InChI is InChI=1S/C16H28N2O3Si/c1-4-7-14-8-5-6-9-16(14)21-22(19-2,20-3)13-11-15(18)10-12-17/h4-6,8-9,15H,1,7,10-13,17-18H2,2-3H3. The predicted octanol–water partition coefficient (Wildman–Crippen LogP) is 2.09. The molecule has 1 atom stereocenters. The van der Waals surface area contributed by atoms with E-state index in [1.807, 2.05) is 30.3 Å². The van der Waals surface area contributed by atoms with Gasteiger partial charge < -0.3 is 24.7 Å². The van der Waals surface area contributed by atoms with Gasteiger partial charge in [0.2, 0.25) is 0 Å². The third-order valence-corrected chi connectivity index (χ3v) is 6.26. The molecule has 0 bridgehead atoms. The van der Waals surface area contributed by atoms with Gasteiger partial charge in [-0.2, -0.15) is 0 Å². The van der Waals surface area contributed by atoms with Gasteiger partial charge in [0.15, 0.2) is 0 Å². The van der Waals surface area contributed by atoms with Crippen LogP contribution in [0.1, 0.15) is 18.4 Å². The lowest BCUT2D eigenvalue weighted by atomic mass is 10.1. The van der Waals surface area contributed by atoms with Crippen LogP contribution in [0.3, 0.4) is 0 Å². The fourth-order valence-corrected chi connectivity index (χ4v) is 4.34. The van der Waals surface area contributed by atoms with Gasteiger partial charge in [0.05, 0.1) is 0 Å². The van der Waals surface area contributed by atoms with E-state index in [0.29, 0.717) is 12.6 Å². The van der Waals surface area contributed by atoms with E-state index in [2.05, 4.69) is 6.58 Å². The Balaban J connectivity index is 2.84. The van der Waals surface area contributed by atoms with E-state index in [1.54, 1.807) is 14.2 Å². The van der Waals surface area contributed by atoms with Crippen molar-refractivity contribution in [3.05, 3.63) is 42.5 Å². The number of hydrogen-bond acceptors (Lipinski definition) is 5. The number of hydrogen-bond donors (Lipinski definition) is 2. The Morgan fingerprint density at radius 2 is 1.91 bits per heavy atom. The Labute approximate surface area is 134 Å². The maximum atomic E-state index is 6.17. The zero-order chi connectivity index (χ0) is 16.4. The molecule has 0 radical (unpaired) electrons. The highest BCUT2D eigenvalue weighted by Crippen LogP contribution is 2.26. The quantitative estimate of drug-likeness (QED) is 0.481. The normalized spacial score (nSPS) is 12.9.